The standard InChI is InChI=1S/C14H19FN2O3/c1-9-8-20-10(7-18)6-17(9)14(19)11-4-3-5-12(15)13(11)16-2/h3-5,9-10,16,18H,6-8H2,1-2H3. The molecular weight excluding hydrogens is 263 g/mol. The summed E-state index contributed by atoms with van der Waals surface area (Å²) in [7, 11) is 1.58. The van der Waals surface area contributed by atoms with E-state index in [0.717, 1.165) is 0 Å². The van der Waals surface area contributed by atoms with Crippen molar-refractivity contribution in [2.75, 3.05) is 32.1 Å². The summed E-state index contributed by atoms with van der Waals surface area (Å²) in [5.41, 5.74) is 0.481. The second-order valence-electron chi connectivity index (χ2n) is 4.86. The van der Waals surface area contributed by atoms with Crippen LogP contribution in [0.2, 0.25) is 0 Å². The van der Waals surface area contributed by atoms with Gasteiger partial charge in [-0.2, -0.15) is 0 Å². The predicted octanol–water partition coefficient (Wildman–Crippen LogP) is 1.09. The van der Waals surface area contributed by atoms with E-state index >= 15 is 0 Å². The number of benzene rings is 1. The smallest absolute Gasteiger partial charge is 0.256 e. The number of carbonyl (C=O) groups is 1. The zero-order chi connectivity index (χ0) is 14.7. The van der Waals surface area contributed by atoms with Crippen LogP contribution in [0.15, 0.2) is 18.2 Å². The molecule has 110 valence electrons. The Bertz CT molecular complexity index is 495. The summed E-state index contributed by atoms with van der Waals surface area (Å²) >= 11 is 0. The van der Waals surface area contributed by atoms with Gasteiger partial charge in [-0.15, -0.1) is 0 Å². The van der Waals surface area contributed by atoms with E-state index in [2.05, 4.69) is 5.32 Å². The number of rotatable bonds is 3. The van der Waals surface area contributed by atoms with Crippen molar-refractivity contribution < 1.29 is 19.0 Å². The summed E-state index contributed by atoms with van der Waals surface area (Å²) in [4.78, 5) is 14.2. The van der Waals surface area contributed by atoms with Crippen LogP contribution in [0.4, 0.5) is 10.1 Å². The fourth-order valence-electron chi connectivity index (χ4n) is 2.32. The third-order valence-electron chi connectivity index (χ3n) is 3.46. The average Bonchev–Trinajstić information content (AvgIpc) is 2.46. The lowest BCUT2D eigenvalue weighted by molar-refractivity contribution is -0.0667. The van der Waals surface area contributed by atoms with E-state index in [9.17, 15) is 9.18 Å². The van der Waals surface area contributed by atoms with Crippen LogP contribution < -0.4 is 5.32 Å². The van der Waals surface area contributed by atoms with Gasteiger partial charge in [0.25, 0.3) is 5.91 Å². The molecule has 2 rings (SSSR count). The Kier molecular flexibility index (Phi) is 4.57. The number of nitrogens with one attached hydrogen (secondary N) is 1. The molecule has 1 aliphatic heterocycles. The van der Waals surface area contributed by atoms with Crippen LogP contribution >= 0.6 is 0 Å². The van der Waals surface area contributed by atoms with Crippen LogP contribution in [0.3, 0.4) is 0 Å². The molecule has 0 aliphatic carbocycles. The van der Waals surface area contributed by atoms with Crippen LogP contribution in [-0.2, 0) is 4.74 Å². The number of anilines is 1. The van der Waals surface area contributed by atoms with Gasteiger partial charge in [-0.1, -0.05) is 6.07 Å². The highest BCUT2D eigenvalue weighted by molar-refractivity contribution is 6.00. The van der Waals surface area contributed by atoms with Gasteiger partial charge in [0.05, 0.1) is 36.6 Å². The molecule has 5 nitrogen and oxygen atoms in total. The van der Waals surface area contributed by atoms with Crippen molar-refractivity contribution in [2.24, 2.45) is 0 Å². The molecule has 1 amide bonds. The van der Waals surface area contributed by atoms with Crippen molar-refractivity contribution >= 4 is 11.6 Å². The average molecular weight is 282 g/mol. The molecule has 2 unspecified atom stereocenters. The molecule has 20 heavy (non-hydrogen) atoms. The van der Waals surface area contributed by atoms with E-state index in [1.165, 1.54) is 12.1 Å². The molecule has 1 saturated heterocycles. The van der Waals surface area contributed by atoms with Gasteiger partial charge in [0.15, 0.2) is 0 Å². The molecule has 0 radical (unpaired) electrons. The fourth-order valence-corrected chi connectivity index (χ4v) is 2.32. The number of aliphatic hydroxyl groups excluding tert-OH is 1. The minimum Gasteiger partial charge on any atom is -0.394 e. The monoisotopic (exact) mass is 282 g/mol. The zero-order valence-electron chi connectivity index (χ0n) is 11.6. The van der Waals surface area contributed by atoms with E-state index in [1.54, 1.807) is 18.0 Å². The lowest BCUT2D eigenvalue weighted by atomic mass is 10.1. The second-order valence-corrected chi connectivity index (χ2v) is 4.86. The molecular formula is C14H19FN2O3. The molecule has 6 heteroatoms. The Hall–Kier alpha value is -1.66. The normalized spacial score (nSPS) is 22.7. The van der Waals surface area contributed by atoms with Gasteiger partial charge >= 0.3 is 0 Å². The highest BCUT2D eigenvalue weighted by Crippen LogP contribution is 2.23. The third-order valence-corrected chi connectivity index (χ3v) is 3.46. The first-order chi connectivity index (χ1) is 9.58. The number of ether oxygens (including phenoxy) is 1. The number of amides is 1. The number of nitrogens with zero attached hydrogens (tertiary/aromatic N) is 1. The number of morpholine rings is 1. The largest absolute Gasteiger partial charge is 0.394 e. The van der Waals surface area contributed by atoms with Crippen molar-refractivity contribution in [1.29, 1.82) is 0 Å². The number of carbonyl (C=O) groups excluding carboxylic acids is 1. The summed E-state index contributed by atoms with van der Waals surface area (Å²) < 4.78 is 19.1. The Labute approximate surface area is 117 Å². The lowest BCUT2D eigenvalue weighted by Gasteiger charge is -2.37. The number of hydrogen-bond acceptors (Lipinski definition) is 4. The first kappa shape index (κ1) is 14.7. The molecule has 0 aromatic heterocycles. The topological polar surface area (TPSA) is 61.8 Å². The summed E-state index contributed by atoms with van der Waals surface area (Å²) in [6.45, 7) is 2.39. The summed E-state index contributed by atoms with van der Waals surface area (Å²) in [6, 6.07) is 4.30. The van der Waals surface area contributed by atoms with Gasteiger partial charge in [0.1, 0.15) is 5.82 Å². The summed E-state index contributed by atoms with van der Waals surface area (Å²) in [6.07, 6.45) is -0.387. The maximum atomic E-state index is 13.7. The first-order valence-corrected chi connectivity index (χ1v) is 6.58. The molecule has 0 bridgehead atoms. The van der Waals surface area contributed by atoms with Crippen molar-refractivity contribution in [1.82, 2.24) is 4.90 Å². The molecule has 1 aromatic rings. The highest BCUT2D eigenvalue weighted by Gasteiger charge is 2.31. The molecule has 1 heterocycles. The van der Waals surface area contributed by atoms with Crippen LogP contribution in [0.25, 0.3) is 0 Å². The fraction of sp³-hybridized carbons (Fsp3) is 0.500. The molecule has 2 N–H and O–H groups in total. The third kappa shape index (κ3) is 2.76. The molecule has 0 saturated carbocycles. The van der Waals surface area contributed by atoms with E-state index in [-0.39, 0.29) is 35.9 Å². The number of para-hydroxylation sites is 1. The summed E-state index contributed by atoms with van der Waals surface area (Å²) in [5, 5.41) is 11.9. The first-order valence-electron chi connectivity index (χ1n) is 6.58. The maximum absolute atomic E-state index is 13.7. The molecule has 1 aliphatic rings. The summed E-state index contributed by atoms with van der Waals surface area (Å²) in [5.74, 6) is -0.721. The number of hydrogen-bond donors (Lipinski definition) is 2. The van der Waals surface area contributed by atoms with Crippen LogP contribution in [0.5, 0.6) is 0 Å². The van der Waals surface area contributed by atoms with E-state index < -0.39 is 5.82 Å². The van der Waals surface area contributed by atoms with Gasteiger partial charge in [0, 0.05) is 13.6 Å². The Morgan fingerprint density at radius 2 is 2.35 bits per heavy atom. The van der Waals surface area contributed by atoms with Gasteiger partial charge < -0.3 is 20.1 Å². The van der Waals surface area contributed by atoms with E-state index in [1.807, 2.05) is 6.92 Å². The van der Waals surface area contributed by atoms with Crippen molar-refractivity contribution in [3.63, 3.8) is 0 Å². The quantitative estimate of drug-likeness (QED) is 0.871. The van der Waals surface area contributed by atoms with Crippen LogP contribution in [0.1, 0.15) is 17.3 Å². The second kappa shape index (κ2) is 6.19. The minimum atomic E-state index is -0.460. The van der Waals surface area contributed by atoms with Crippen molar-refractivity contribution in [3.05, 3.63) is 29.6 Å². The zero-order valence-corrected chi connectivity index (χ0v) is 11.6. The van der Waals surface area contributed by atoms with Gasteiger partial charge in [-0.3, -0.25) is 4.79 Å². The molecule has 2 atom stereocenters. The Morgan fingerprint density at radius 3 is 3.00 bits per heavy atom. The maximum Gasteiger partial charge on any atom is 0.256 e. The SMILES string of the molecule is CNc1c(F)cccc1C(=O)N1CC(CO)OCC1C. The van der Waals surface area contributed by atoms with Crippen LogP contribution in [0, 0.1) is 5.82 Å². The molecule has 1 fully saturated rings. The van der Waals surface area contributed by atoms with E-state index in [0.29, 0.717) is 13.2 Å². The van der Waals surface area contributed by atoms with E-state index in [4.69, 9.17) is 9.84 Å². The molecule has 0 spiro atoms. The van der Waals surface area contributed by atoms with Gasteiger partial charge in [-0.25, -0.2) is 4.39 Å². The van der Waals surface area contributed by atoms with Crippen molar-refractivity contribution in [2.45, 2.75) is 19.1 Å². The van der Waals surface area contributed by atoms with Crippen molar-refractivity contribution in [3.8, 4) is 0 Å². The lowest BCUT2D eigenvalue weighted by Crippen LogP contribution is -2.52. The Balaban J connectivity index is 2.28. The van der Waals surface area contributed by atoms with Crippen LogP contribution in [-0.4, -0.2) is 54.9 Å². The predicted molar refractivity (Wildman–Crippen MR) is 73.3 cm³/mol. The molecule has 1 aromatic carbocycles. The number of halogens is 1. The number of aliphatic hydroxyl groups is 1. The van der Waals surface area contributed by atoms with Gasteiger partial charge in [-0.05, 0) is 19.1 Å². The Morgan fingerprint density at radius 1 is 1.60 bits per heavy atom. The van der Waals surface area contributed by atoms with Gasteiger partial charge in [0.2, 0.25) is 0 Å². The minimum absolute atomic E-state index is 0.113. The highest BCUT2D eigenvalue weighted by atomic mass is 19.1.